The van der Waals surface area contributed by atoms with Crippen LogP contribution in [0.25, 0.3) is 11.1 Å². The molecule has 1 aromatic carbocycles. The second-order valence-electron chi connectivity index (χ2n) is 4.83. The van der Waals surface area contributed by atoms with Crippen LogP contribution in [-0.4, -0.2) is 12.1 Å². The molecule has 0 amide bonds. The average Bonchev–Trinajstić information content (AvgIpc) is 2.93. The van der Waals surface area contributed by atoms with Crippen LogP contribution in [-0.2, 0) is 19.3 Å². The van der Waals surface area contributed by atoms with E-state index in [2.05, 4.69) is 10.3 Å². The maximum absolute atomic E-state index is 13.2. The molecular formula is C15H13F3N2O. The van der Waals surface area contributed by atoms with Crippen molar-refractivity contribution < 1.29 is 17.9 Å². The van der Waals surface area contributed by atoms with Gasteiger partial charge in [-0.25, -0.2) is 4.98 Å². The summed E-state index contributed by atoms with van der Waals surface area (Å²) < 4.78 is 44.4. The Labute approximate surface area is 119 Å². The van der Waals surface area contributed by atoms with Gasteiger partial charge in [-0.1, -0.05) is 12.1 Å². The molecule has 1 aliphatic rings. The smallest absolute Gasteiger partial charge is 0.434 e. The first kappa shape index (κ1) is 13.9. The minimum atomic E-state index is -4.53. The number of alkyl halides is 3. The van der Waals surface area contributed by atoms with Crippen LogP contribution in [0.2, 0.25) is 0 Å². The Balaban J connectivity index is 2.13. The third kappa shape index (κ3) is 2.58. The van der Waals surface area contributed by atoms with Crippen LogP contribution in [0.15, 0.2) is 30.3 Å². The van der Waals surface area contributed by atoms with Gasteiger partial charge in [0.05, 0.1) is 7.11 Å². The van der Waals surface area contributed by atoms with Crippen molar-refractivity contribution >= 4 is 0 Å². The molecule has 0 unspecified atom stereocenters. The summed E-state index contributed by atoms with van der Waals surface area (Å²) >= 11 is 0. The van der Waals surface area contributed by atoms with Crippen LogP contribution in [0.4, 0.5) is 13.2 Å². The highest BCUT2D eigenvalue weighted by Gasteiger charge is 2.36. The topological polar surface area (TPSA) is 34.1 Å². The predicted molar refractivity (Wildman–Crippen MR) is 71.8 cm³/mol. The molecule has 3 rings (SSSR count). The van der Waals surface area contributed by atoms with E-state index in [1.54, 1.807) is 12.1 Å². The molecule has 0 fully saturated rings. The lowest BCUT2D eigenvalue weighted by atomic mass is 9.99. The van der Waals surface area contributed by atoms with Gasteiger partial charge in [0, 0.05) is 24.7 Å². The number of hydrogen-bond donors (Lipinski definition) is 1. The molecule has 2 aromatic rings. The normalized spacial score (nSPS) is 14.1. The van der Waals surface area contributed by atoms with Crippen molar-refractivity contribution in [3.8, 4) is 17.0 Å². The van der Waals surface area contributed by atoms with E-state index in [9.17, 15) is 13.2 Å². The second kappa shape index (κ2) is 5.04. The highest BCUT2D eigenvalue weighted by atomic mass is 19.4. The lowest BCUT2D eigenvalue weighted by Gasteiger charge is -2.14. The molecule has 0 atom stereocenters. The maximum Gasteiger partial charge on any atom is 0.434 e. The third-order valence-corrected chi connectivity index (χ3v) is 3.50. The number of pyridine rings is 1. The lowest BCUT2D eigenvalue weighted by molar-refractivity contribution is -0.140. The number of methoxy groups -OCH3 is 1. The number of hydrogen-bond acceptors (Lipinski definition) is 3. The summed E-state index contributed by atoms with van der Waals surface area (Å²) in [6.07, 6.45) is -4.53. The van der Waals surface area contributed by atoms with E-state index in [1.165, 1.54) is 19.2 Å². The summed E-state index contributed by atoms with van der Waals surface area (Å²) in [7, 11) is 1.29. The zero-order valence-corrected chi connectivity index (χ0v) is 11.3. The monoisotopic (exact) mass is 294 g/mol. The van der Waals surface area contributed by atoms with Gasteiger partial charge in [0.15, 0.2) is 5.69 Å². The van der Waals surface area contributed by atoms with Crippen molar-refractivity contribution in [3.05, 3.63) is 47.2 Å². The van der Waals surface area contributed by atoms with Crippen molar-refractivity contribution in [2.75, 3.05) is 7.11 Å². The number of halogens is 3. The van der Waals surface area contributed by atoms with E-state index in [4.69, 9.17) is 4.74 Å². The summed E-state index contributed by atoms with van der Waals surface area (Å²) in [4.78, 5) is 3.57. The van der Waals surface area contributed by atoms with Gasteiger partial charge in [-0.3, -0.25) is 0 Å². The minimum Gasteiger partial charge on any atom is -0.481 e. The Kier molecular flexibility index (Phi) is 3.33. The van der Waals surface area contributed by atoms with Gasteiger partial charge in [-0.15, -0.1) is 0 Å². The molecule has 21 heavy (non-hydrogen) atoms. The fourth-order valence-electron chi connectivity index (χ4n) is 2.47. The molecule has 0 saturated carbocycles. The van der Waals surface area contributed by atoms with Gasteiger partial charge in [0.25, 0.3) is 0 Å². The summed E-state index contributed by atoms with van der Waals surface area (Å²) in [5.41, 5.74) is 1.80. The molecule has 0 aliphatic carbocycles. The summed E-state index contributed by atoms with van der Waals surface area (Å²) in [5.74, 6) is -0.0473. The van der Waals surface area contributed by atoms with Gasteiger partial charge in [0.1, 0.15) is 0 Å². The number of nitrogens with one attached hydrogen (secondary N) is 1. The molecule has 3 nitrogen and oxygen atoms in total. The number of aromatic nitrogens is 1. The molecule has 0 bridgehead atoms. The Bertz CT molecular complexity index is 683. The Morgan fingerprint density at radius 2 is 1.86 bits per heavy atom. The Hall–Kier alpha value is -2.08. The second-order valence-corrected chi connectivity index (χ2v) is 4.83. The molecule has 1 aromatic heterocycles. The van der Waals surface area contributed by atoms with E-state index in [1.807, 2.05) is 6.07 Å². The Morgan fingerprint density at radius 1 is 1.10 bits per heavy atom. The number of fused-ring (bicyclic) bond motifs is 1. The number of benzene rings is 1. The average molecular weight is 294 g/mol. The number of nitrogens with zero attached hydrogens (tertiary/aromatic N) is 1. The van der Waals surface area contributed by atoms with Gasteiger partial charge >= 0.3 is 6.18 Å². The first-order valence-corrected chi connectivity index (χ1v) is 6.44. The van der Waals surface area contributed by atoms with Gasteiger partial charge < -0.3 is 10.1 Å². The van der Waals surface area contributed by atoms with Crippen molar-refractivity contribution in [3.63, 3.8) is 0 Å². The number of rotatable bonds is 2. The van der Waals surface area contributed by atoms with Gasteiger partial charge in [0.2, 0.25) is 5.88 Å². The van der Waals surface area contributed by atoms with Gasteiger partial charge in [-0.2, -0.15) is 13.2 Å². The highest BCUT2D eigenvalue weighted by molar-refractivity contribution is 5.68. The van der Waals surface area contributed by atoms with Crippen molar-refractivity contribution in [2.45, 2.75) is 19.3 Å². The van der Waals surface area contributed by atoms with Crippen LogP contribution in [0, 0.1) is 0 Å². The molecule has 110 valence electrons. The third-order valence-electron chi connectivity index (χ3n) is 3.50. The van der Waals surface area contributed by atoms with E-state index >= 15 is 0 Å². The Morgan fingerprint density at radius 3 is 2.57 bits per heavy atom. The van der Waals surface area contributed by atoms with Crippen molar-refractivity contribution in [1.29, 1.82) is 0 Å². The molecule has 1 N–H and O–H groups in total. The predicted octanol–water partition coefficient (Wildman–Crippen LogP) is 3.38. The molecule has 0 saturated heterocycles. The maximum atomic E-state index is 13.2. The lowest BCUT2D eigenvalue weighted by Crippen LogP contribution is -2.11. The van der Waals surface area contributed by atoms with Crippen molar-refractivity contribution in [2.24, 2.45) is 0 Å². The fourth-order valence-corrected chi connectivity index (χ4v) is 2.47. The summed E-state index contributed by atoms with van der Waals surface area (Å²) in [5, 5.41) is 3.17. The minimum absolute atomic E-state index is 0.0473. The van der Waals surface area contributed by atoms with Crippen LogP contribution >= 0.6 is 0 Å². The molecule has 1 aliphatic heterocycles. The molecule has 0 spiro atoms. The standard InChI is InChI=1S/C15H13F3N2O/c1-21-13-5-4-12(14(20-13)15(16,17)18)9-2-3-10-7-19-8-11(10)6-9/h2-6,19H,7-8H2,1H3. The van der Waals surface area contributed by atoms with E-state index < -0.39 is 11.9 Å². The first-order valence-electron chi connectivity index (χ1n) is 6.44. The first-order chi connectivity index (χ1) is 9.99. The summed E-state index contributed by atoms with van der Waals surface area (Å²) in [6, 6.07) is 8.18. The zero-order valence-electron chi connectivity index (χ0n) is 11.3. The molecule has 6 heteroatoms. The highest BCUT2D eigenvalue weighted by Crippen LogP contribution is 2.37. The molecule has 2 heterocycles. The van der Waals surface area contributed by atoms with Crippen molar-refractivity contribution in [1.82, 2.24) is 10.3 Å². The fraction of sp³-hybridized carbons (Fsp3) is 0.267. The van der Waals surface area contributed by atoms with Crippen LogP contribution < -0.4 is 10.1 Å². The van der Waals surface area contributed by atoms with Crippen LogP contribution in [0.1, 0.15) is 16.8 Å². The van der Waals surface area contributed by atoms with Crippen LogP contribution in [0.3, 0.4) is 0 Å². The molecular weight excluding hydrogens is 281 g/mol. The number of ether oxygens (including phenoxy) is 1. The van der Waals surface area contributed by atoms with E-state index in [0.717, 1.165) is 17.7 Å². The SMILES string of the molecule is COc1ccc(-c2ccc3c(c2)CNC3)c(C(F)(F)F)n1. The largest absolute Gasteiger partial charge is 0.481 e. The zero-order chi connectivity index (χ0) is 15.0. The van der Waals surface area contributed by atoms with E-state index in [-0.39, 0.29) is 11.4 Å². The van der Waals surface area contributed by atoms with Gasteiger partial charge in [-0.05, 0) is 28.8 Å². The quantitative estimate of drug-likeness (QED) is 0.922. The van der Waals surface area contributed by atoms with E-state index in [0.29, 0.717) is 12.1 Å². The summed E-state index contributed by atoms with van der Waals surface area (Å²) in [6.45, 7) is 1.43. The van der Waals surface area contributed by atoms with Crippen LogP contribution in [0.5, 0.6) is 5.88 Å². The molecule has 0 radical (unpaired) electrons.